The minimum Gasteiger partial charge on any atom is -0.317 e. The van der Waals surface area contributed by atoms with Crippen molar-refractivity contribution in [2.75, 3.05) is 7.05 Å². The topological polar surface area (TPSA) is 12.0 Å². The van der Waals surface area contributed by atoms with Gasteiger partial charge in [0.15, 0.2) is 0 Å². The summed E-state index contributed by atoms with van der Waals surface area (Å²) in [5.74, 6) is 0.259. The van der Waals surface area contributed by atoms with Gasteiger partial charge in [-0.25, -0.2) is 0 Å². The molecule has 0 saturated heterocycles. The van der Waals surface area contributed by atoms with Crippen molar-refractivity contribution in [2.45, 2.75) is 37.4 Å². The van der Waals surface area contributed by atoms with Crippen LogP contribution in [0.25, 0.3) is 0 Å². The highest BCUT2D eigenvalue weighted by atomic mass is 19.4. The Bertz CT molecular complexity index is 386. The van der Waals surface area contributed by atoms with Gasteiger partial charge in [0.2, 0.25) is 0 Å². The van der Waals surface area contributed by atoms with Gasteiger partial charge in [-0.3, -0.25) is 0 Å². The van der Waals surface area contributed by atoms with Crippen molar-refractivity contribution in [1.29, 1.82) is 0 Å². The van der Waals surface area contributed by atoms with Gasteiger partial charge >= 0.3 is 6.18 Å². The molecule has 94 valence electrons. The smallest absolute Gasteiger partial charge is 0.317 e. The van der Waals surface area contributed by atoms with Crippen LogP contribution in [-0.2, 0) is 6.18 Å². The van der Waals surface area contributed by atoms with Gasteiger partial charge in [-0.15, -0.1) is 0 Å². The van der Waals surface area contributed by atoms with E-state index in [1.807, 2.05) is 7.05 Å². The number of hydrogen-bond acceptors (Lipinski definition) is 1. The zero-order valence-electron chi connectivity index (χ0n) is 9.72. The molecule has 2 rings (SSSR count). The maximum Gasteiger partial charge on any atom is 0.416 e. The molecule has 0 heterocycles. The fraction of sp³-hybridized carbons (Fsp3) is 0.538. The Morgan fingerprint density at radius 3 is 2.59 bits per heavy atom. The molecule has 1 nitrogen and oxygen atoms in total. The first-order valence-electron chi connectivity index (χ1n) is 5.85. The molecule has 17 heavy (non-hydrogen) atoms. The molecule has 0 aliphatic heterocycles. The molecule has 0 aromatic heterocycles. The lowest BCUT2D eigenvalue weighted by atomic mass is 9.95. The lowest BCUT2D eigenvalue weighted by Gasteiger charge is -2.14. The highest BCUT2D eigenvalue weighted by Crippen LogP contribution is 2.37. The van der Waals surface area contributed by atoms with Crippen LogP contribution in [-0.4, -0.2) is 13.1 Å². The van der Waals surface area contributed by atoms with Crippen LogP contribution in [0.3, 0.4) is 0 Å². The van der Waals surface area contributed by atoms with Crippen LogP contribution in [0.1, 0.15) is 36.3 Å². The third kappa shape index (κ3) is 2.80. The van der Waals surface area contributed by atoms with E-state index in [1.165, 1.54) is 12.1 Å². The van der Waals surface area contributed by atoms with Crippen LogP contribution >= 0.6 is 0 Å². The molecule has 1 aliphatic rings. The maximum atomic E-state index is 12.6. The summed E-state index contributed by atoms with van der Waals surface area (Å²) >= 11 is 0. The lowest BCUT2D eigenvalue weighted by Crippen LogP contribution is -2.21. The molecule has 1 aromatic carbocycles. The van der Waals surface area contributed by atoms with E-state index in [0.29, 0.717) is 6.04 Å². The van der Waals surface area contributed by atoms with Crippen molar-refractivity contribution in [1.82, 2.24) is 5.32 Å². The largest absolute Gasteiger partial charge is 0.416 e. The highest BCUT2D eigenvalue weighted by Gasteiger charge is 2.32. The molecule has 2 atom stereocenters. The fourth-order valence-corrected chi connectivity index (χ4v) is 2.52. The fourth-order valence-electron chi connectivity index (χ4n) is 2.52. The zero-order chi connectivity index (χ0) is 12.5. The summed E-state index contributed by atoms with van der Waals surface area (Å²) in [6, 6.07) is 6.18. The summed E-state index contributed by atoms with van der Waals surface area (Å²) in [6.45, 7) is 0. The summed E-state index contributed by atoms with van der Waals surface area (Å²) in [5, 5.41) is 3.19. The first kappa shape index (κ1) is 12.4. The molecule has 0 bridgehead atoms. The van der Waals surface area contributed by atoms with Crippen molar-refractivity contribution in [2.24, 2.45) is 0 Å². The van der Waals surface area contributed by atoms with Gasteiger partial charge in [-0.1, -0.05) is 18.2 Å². The molecule has 1 saturated carbocycles. The molecule has 2 unspecified atom stereocenters. The number of benzene rings is 1. The average molecular weight is 243 g/mol. The summed E-state index contributed by atoms with van der Waals surface area (Å²) in [5.41, 5.74) is 0.278. The second kappa shape index (κ2) is 4.69. The van der Waals surface area contributed by atoms with Gasteiger partial charge in [-0.2, -0.15) is 13.2 Å². The van der Waals surface area contributed by atoms with E-state index in [2.05, 4.69) is 5.32 Å². The molecule has 1 fully saturated rings. The number of nitrogens with one attached hydrogen (secondary N) is 1. The van der Waals surface area contributed by atoms with Crippen molar-refractivity contribution in [3.8, 4) is 0 Å². The number of halogens is 3. The van der Waals surface area contributed by atoms with Gasteiger partial charge in [0.1, 0.15) is 0 Å². The van der Waals surface area contributed by atoms with Crippen molar-refractivity contribution in [3.63, 3.8) is 0 Å². The Balaban J connectivity index is 2.17. The van der Waals surface area contributed by atoms with Gasteiger partial charge in [-0.05, 0) is 43.9 Å². The first-order valence-corrected chi connectivity index (χ1v) is 5.85. The monoisotopic (exact) mass is 243 g/mol. The van der Waals surface area contributed by atoms with Gasteiger partial charge in [0, 0.05) is 6.04 Å². The summed E-state index contributed by atoms with van der Waals surface area (Å²) in [4.78, 5) is 0. The van der Waals surface area contributed by atoms with Crippen LogP contribution < -0.4 is 5.32 Å². The molecule has 4 heteroatoms. The molecule has 1 aromatic rings. The van der Waals surface area contributed by atoms with Crippen LogP contribution in [0.5, 0.6) is 0 Å². The van der Waals surface area contributed by atoms with E-state index in [0.717, 1.165) is 30.9 Å². The standard InChI is InChI=1S/C13H16F3N/c1-17-12-6-5-10(8-12)9-3-2-4-11(7-9)13(14,15)16/h2-4,7,10,12,17H,5-6,8H2,1H3. The number of hydrogen-bond donors (Lipinski definition) is 1. The highest BCUT2D eigenvalue weighted by molar-refractivity contribution is 5.29. The maximum absolute atomic E-state index is 12.6. The summed E-state index contributed by atoms with van der Waals surface area (Å²) < 4.78 is 37.8. The van der Waals surface area contributed by atoms with Gasteiger partial charge in [0.05, 0.1) is 5.56 Å². The molecular weight excluding hydrogens is 227 g/mol. The van der Waals surface area contributed by atoms with Crippen LogP contribution in [0.15, 0.2) is 24.3 Å². The Morgan fingerprint density at radius 2 is 2.00 bits per heavy atom. The average Bonchev–Trinajstić information content (AvgIpc) is 2.76. The van der Waals surface area contributed by atoms with E-state index in [1.54, 1.807) is 6.07 Å². The van der Waals surface area contributed by atoms with Crippen molar-refractivity contribution in [3.05, 3.63) is 35.4 Å². The minimum absolute atomic E-state index is 0.259. The van der Waals surface area contributed by atoms with Crippen LogP contribution in [0.2, 0.25) is 0 Å². The van der Waals surface area contributed by atoms with E-state index in [9.17, 15) is 13.2 Å². The third-order valence-electron chi connectivity index (χ3n) is 3.53. The SMILES string of the molecule is CNC1CCC(c2cccc(C(F)(F)F)c2)C1. The van der Waals surface area contributed by atoms with E-state index >= 15 is 0 Å². The van der Waals surface area contributed by atoms with Crippen molar-refractivity contribution < 1.29 is 13.2 Å². The molecule has 1 N–H and O–H groups in total. The minimum atomic E-state index is -4.24. The predicted octanol–water partition coefficient (Wildman–Crippen LogP) is 3.56. The van der Waals surface area contributed by atoms with Gasteiger partial charge in [0.25, 0.3) is 0 Å². The van der Waals surface area contributed by atoms with Crippen molar-refractivity contribution >= 4 is 0 Å². The van der Waals surface area contributed by atoms with Crippen LogP contribution in [0.4, 0.5) is 13.2 Å². The third-order valence-corrected chi connectivity index (χ3v) is 3.53. The Labute approximate surface area is 99.0 Å². The van der Waals surface area contributed by atoms with E-state index in [-0.39, 0.29) is 5.92 Å². The molecule has 0 radical (unpaired) electrons. The normalized spacial score (nSPS) is 25.2. The molecular formula is C13H16F3N. The summed E-state index contributed by atoms with van der Waals surface area (Å²) in [7, 11) is 1.90. The number of alkyl halides is 3. The van der Waals surface area contributed by atoms with Gasteiger partial charge < -0.3 is 5.32 Å². The molecule has 0 spiro atoms. The second-order valence-corrected chi connectivity index (χ2v) is 4.62. The summed E-state index contributed by atoms with van der Waals surface area (Å²) in [6.07, 6.45) is -1.31. The quantitative estimate of drug-likeness (QED) is 0.837. The Hall–Kier alpha value is -1.03. The molecule has 1 aliphatic carbocycles. The first-order chi connectivity index (χ1) is 8.00. The predicted molar refractivity (Wildman–Crippen MR) is 60.9 cm³/mol. The lowest BCUT2D eigenvalue weighted by molar-refractivity contribution is -0.137. The van der Waals surface area contributed by atoms with Crippen LogP contribution in [0, 0.1) is 0 Å². The zero-order valence-corrected chi connectivity index (χ0v) is 9.72. The van der Waals surface area contributed by atoms with E-state index in [4.69, 9.17) is 0 Å². The Morgan fingerprint density at radius 1 is 1.24 bits per heavy atom. The second-order valence-electron chi connectivity index (χ2n) is 4.62. The number of rotatable bonds is 2. The van der Waals surface area contributed by atoms with E-state index < -0.39 is 11.7 Å². The Kier molecular flexibility index (Phi) is 3.43. The molecule has 0 amide bonds.